The first-order chi connectivity index (χ1) is 22.7. The lowest BCUT2D eigenvalue weighted by Crippen LogP contribution is -2.44. The van der Waals surface area contributed by atoms with Crippen LogP contribution in [0.2, 0.25) is 0 Å². The number of rotatable bonds is 6. The van der Waals surface area contributed by atoms with Crippen LogP contribution in [-0.4, -0.2) is 28.4 Å². The number of hydrogen-bond donors (Lipinski definition) is 2. The molecule has 1 heterocycles. The molecule has 0 bridgehead atoms. The second-order valence-electron chi connectivity index (χ2n) is 15.4. The minimum atomic E-state index is -3.93. The highest BCUT2D eigenvalue weighted by Crippen LogP contribution is 2.55. The van der Waals surface area contributed by atoms with Crippen molar-refractivity contribution in [3.63, 3.8) is 0 Å². The van der Waals surface area contributed by atoms with Crippen molar-refractivity contribution in [2.75, 3.05) is 9.62 Å². The van der Waals surface area contributed by atoms with E-state index in [1.165, 1.54) is 12.1 Å². The minimum absolute atomic E-state index is 0.0296. The summed E-state index contributed by atoms with van der Waals surface area (Å²) in [7, 11) is -7.82. The summed E-state index contributed by atoms with van der Waals surface area (Å²) < 4.78 is 53.9. The molecular formula is C38H43N3O6S2. The Morgan fingerprint density at radius 1 is 0.714 bits per heavy atom. The Bertz CT molecular complexity index is 2120. The quantitative estimate of drug-likeness (QED) is 0.283. The SMILES string of the molecule is Cc1cc(C)c(S(=O)(=O)Nc2ccc(C3C4=C(CC(C)(C)CC4=O)N(c4ccc(S(N)(=O)=O)cc4)C4=C3C(=O)CC(C)(C)C4)cc2)c(C)c1. The summed E-state index contributed by atoms with van der Waals surface area (Å²) in [5.74, 6) is -0.743. The number of nitrogens with zero attached hydrogens (tertiary/aromatic N) is 1. The van der Waals surface area contributed by atoms with Gasteiger partial charge in [-0.1, -0.05) is 57.5 Å². The standard InChI is InChI=1S/C38H43N3O6S2/c1-22-16-23(2)36(24(3)17-22)49(46,47)40-26-10-8-25(9-11-26)33-34-29(18-37(4,5)20-31(34)42)41(27-12-14-28(15-13-27)48(39,44)45)30-19-38(6,7)21-32(43)35(30)33/h8-17,33,40H,18-21H2,1-7H3,(H2,39,44,45). The van der Waals surface area contributed by atoms with Crippen LogP contribution in [0.15, 0.2) is 93.0 Å². The highest BCUT2D eigenvalue weighted by atomic mass is 32.2. The maximum absolute atomic E-state index is 14.2. The van der Waals surface area contributed by atoms with Gasteiger partial charge >= 0.3 is 0 Å². The topological polar surface area (TPSA) is 144 Å². The first-order valence-electron chi connectivity index (χ1n) is 16.3. The molecule has 49 heavy (non-hydrogen) atoms. The Kier molecular flexibility index (Phi) is 8.36. The van der Waals surface area contributed by atoms with Crippen LogP contribution >= 0.6 is 0 Å². The highest BCUT2D eigenvalue weighted by Gasteiger charge is 2.49. The molecule has 3 aromatic rings. The molecule has 3 N–H and O–H groups in total. The molecule has 0 aromatic heterocycles. The number of carbonyl (C=O) groups excluding carboxylic acids is 2. The number of sulfonamides is 2. The number of ketones is 2. The Hall–Kier alpha value is -4.06. The van der Waals surface area contributed by atoms with Crippen molar-refractivity contribution in [3.05, 3.63) is 105 Å². The van der Waals surface area contributed by atoms with E-state index in [9.17, 15) is 26.4 Å². The van der Waals surface area contributed by atoms with Gasteiger partial charge in [-0.05, 0) is 97.5 Å². The number of benzene rings is 3. The van der Waals surface area contributed by atoms with Gasteiger partial charge in [0.25, 0.3) is 10.0 Å². The Labute approximate surface area is 289 Å². The number of Topliss-reactive ketones (excluding diaryl/α,β-unsaturated/α-hetero) is 2. The molecule has 1 aliphatic heterocycles. The molecule has 0 saturated heterocycles. The van der Waals surface area contributed by atoms with Gasteiger partial charge in [0.2, 0.25) is 10.0 Å². The second kappa shape index (κ2) is 11.8. The van der Waals surface area contributed by atoms with E-state index >= 15 is 0 Å². The fourth-order valence-electron chi connectivity index (χ4n) is 7.94. The molecule has 2 aliphatic carbocycles. The molecule has 0 amide bonds. The molecule has 0 fully saturated rings. The van der Waals surface area contributed by atoms with E-state index in [2.05, 4.69) is 4.72 Å². The van der Waals surface area contributed by atoms with E-state index < -0.39 is 26.0 Å². The number of nitrogens with two attached hydrogens (primary N) is 1. The molecule has 11 heteroatoms. The van der Waals surface area contributed by atoms with Crippen molar-refractivity contribution in [3.8, 4) is 0 Å². The van der Waals surface area contributed by atoms with Crippen LogP contribution in [0.25, 0.3) is 0 Å². The summed E-state index contributed by atoms with van der Waals surface area (Å²) in [5.41, 5.74) is 5.96. The normalized spacial score (nSPS) is 19.6. The van der Waals surface area contributed by atoms with Gasteiger partial charge in [0.05, 0.1) is 9.79 Å². The summed E-state index contributed by atoms with van der Waals surface area (Å²) in [6.45, 7) is 13.7. The fraction of sp³-hybridized carbons (Fsp3) is 0.368. The van der Waals surface area contributed by atoms with Crippen molar-refractivity contribution in [2.45, 2.75) is 89.9 Å². The van der Waals surface area contributed by atoms with Gasteiger partial charge in [-0.15, -0.1) is 0 Å². The Morgan fingerprint density at radius 2 is 1.18 bits per heavy atom. The largest absolute Gasteiger partial charge is 0.317 e. The monoisotopic (exact) mass is 701 g/mol. The van der Waals surface area contributed by atoms with Gasteiger partial charge in [0.15, 0.2) is 11.6 Å². The van der Waals surface area contributed by atoms with Crippen LogP contribution in [0.4, 0.5) is 11.4 Å². The van der Waals surface area contributed by atoms with Crippen LogP contribution < -0.4 is 14.8 Å². The van der Waals surface area contributed by atoms with Gasteiger partial charge in [-0.2, -0.15) is 0 Å². The lowest BCUT2D eigenvalue weighted by molar-refractivity contribution is -0.119. The summed E-state index contributed by atoms with van der Waals surface area (Å²) >= 11 is 0. The third-order valence-corrected chi connectivity index (χ3v) is 12.3. The van der Waals surface area contributed by atoms with Gasteiger partial charge < -0.3 is 4.90 Å². The van der Waals surface area contributed by atoms with Crippen LogP contribution in [0.5, 0.6) is 0 Å². The average Bonchev–Trinajstić information content (AvgIpc) is 2.94. The second-order valence-corrected chi connectivity index (χ2v) is 18.5. The molecule has 3 aromatic carbocycles. The number of hydrogen-bond acceptors (Lipinski definition) is 7. The van der Waals surface area contributed by atoms with Gasteiger partial charge in [-0.3, -0.25) is 14.3 Å². The predicted molar refractivity (Wildman–Crippen MR) is 191 cm³/mol. The third kappa shape index (κ3) is 6.51. The Morgan fingerprint density at radius 3 is 1.63 bits per heavy atom. The first kappa shape index (κ1) is 34.8. The maximum atomic E-state index is 14.2. The van der Waals surface area contributed by atoms with Crippen molar-refractivity contribution in [1.82, 2.24) is 0 Å². The smallest absolute Gasteiger partial charge is 0.262 e. The summed E-state index contributed by atoms with van der Waals surface area (Å²) in [6.07, 6.45) is 1.71. The summed E-state index contributed by atoms with van der Waals surface area (Å²) in [6, 6.07) is 16.9. The van der Waals surface area contributed by atoms with Crippen molar-refractivity contribution >= 4 is 43.0 Å². The van der Waals surface area contributed by atoms with E-state index in [1.54, 1.807) is 50.2 Å². The number of aryl methyl sites for hydroxylation is 3. The first-order valence-corrected chi connectivity index (χ1v) is 19.4. The van der Waals surface area contributed by atoms with Crippen LogP contribution in [-0.2, 0) is 29.6 Å². The zero-order valence-corrected chi connectivity index (χ0v) is 30.6. The third-order valence-electron chi connectivity index (χ3n) is 9.70. The molecule has 258 valence electrons. The van der Waals surface area contributed by atoms with E-state index in [4.69, 9.17) is 5.14 Å². The molecule has 3 aliphatic rings. The van der Waals surface area contributed by atoms with Crippen molar-refractivity contribution < 1.29 is 26.4 Å². The minimum Gasteiger partial charge on any atom is -0.317 e. The zero-order valence-electron chi connectivity index (χ0n) is 29.0. The molecule has 0 unspecified atom stereocenters. The van der Waals surface area contributed by atoms with Crippen molar-refractivity contribution in [2.24, 2.45) is 16.0 Å². The number of primary sulfonamides is 1. The van der Waals surface area contributed by atoms with E-state index in [1.807, 2.05) is 51.7 Å². The van der Waals surface area contributed by atoms with Gasteiger partial charge in [-0.25, -0.2) is 22.0 Å². The molecule has 6 rings (SSSR count). The lowest BCUT2D eigenvalue weighted by Gasteiger charge is -2.49. The predicted octanol–water partition coefficient (Wildman–Crippen LogP) is 6.95. The number of anilines is 2. The van der Waals surface area contributed by atoms with Crippen LogP contribution in [0, 0.1) is 31.6 Å². The number of nitrogens with one attached hydrogen (secondary N) is 1. The maximum Gasteiger partial charge on any atom is 0.262 e. The fourth-order valence-corrected chi connectivity index (χ4v) is 9.96. The molecular weight excluding hydrogens is 659 g/mol. The van der Waals surface area contributed by atoms with E-state index in [0.717, 1.165) is 22.5 Å². The average molecular weight is 702 g/mol. The molecule has 0 spiro atoms. The lowest BCUT2D eigenvalue weighted by atomic mass is 9.63. The Balaban J connectivity index is 1.49. The van der Waals surface area contributed by atoms with E-state index in [0.29, 0.717) is 59.3 Å². The molecule has 0 atom stereocenters. The number of carbonyl (C=O) groups is 2. The van der Waals surface area contributed by atoms with Gasteiger partial charge in [0, 0.05) is 52.7 Å². The van der Waals surface area contributed by atoms with Crippen LogP contribution in [0.1, 0.15) is 81.5 Å². The van der Waals surface area contributed by atoms with E-state index in [-0.39, 0.29) is 32.2 Å². The summed E-state index contributed by atoms with van der Waals surface area (Å²) in [4.78, 5) is 30.6. The molecule has 0 radical (unpaired) electrons. The summed E-state index contributed by atoms with van der Waals surface area (Å²) in [5, 5.41) is 5.39. The molecule has 0 saturated carbocycles. The zero-order chi connectivity index (χ0) is 35.8. The van der Waals surface area contributed by atoms with Crippen LogP contribution in [0.3, 0.4) is 0 Å². The van der Waals surface area contributed by atoms with Gasteiger partial charge in [0.1, 0.15) is 0 Å². The number of allylic oxidation sites excluding steroid dienone is 4. The van der Waals surface area contributed by atoms with Crippen molar-refractivity contribution in [1.29, 1.82) is 0 Å². The highest BCUT2D eigenvalue weighted by molar-refractivity contribution is 7.92. The molecule has 9 nitrogen and oxygen atoms in total.